The highest BCUT2D eigenvalue weighted by atomic mass is 14.5. The summed E-state index contributed by atoms with van der Waals surface area (Å²) in [5.41, 5.74) is 0.433. The van der Waals surface area contributed by atoms with Crippen molar-refractivity contribution in [1.82, 2.24) is 0 Å². The van der Waals surface area contributed by atoms with E-state index in [-0.39, 0.29) is 27.9 Å². The Balaban J connectivity index is 2.42. The molecule has 3 aliphatic rings. The summed E-state index contributed by atoms with van der Waals surface area (Å²) < 4.78 is 0. The smallest absolute Gasteiger partial charge is 0.137 e. The second-order valence-corrected chi connectivity index (χ2v) is 7.34. The van der Waals surface area contributed by atoms with Gasteiger partial charge in [-0.1, -0.05) is 24.3 Å². The third-order valence-electron chi connectivity index (χ3n) is 6.08. The second kappa shape index (κ2) is 8.55. The van der Waals surface area contributed by atoms with Crippen LogP contribution in [0.5, 0.6) is 0 Å². The quantitative estimate of drug-likeness (QED) is 0.589. The van der Waals surface area contributed by atoms with Crippen molar-refractivity contribution in [3.8, 4) is 48.6 Å². The molecule has 0 aromatic carbocycles. The van der Waals surface area contributed by atoms with Crippen molar-refractivity contribution >= 4 is 0 Å². The largest absolute Gasteiger partial charge is 0.197 e. The van der Waals surface area contributed by atoms with Crippen LogP contribution in [0, 0.1) is 126 Å². The van der Waals surface area contributed by atoms with Crippen LogP contribution >= 0.6 is 0 Å². The van der Waals surface area contributed by atoms with E-state index in [2.05, 4.69) is 0 Å². The summed E-state index contributed by atoms with van der Waals surface area (Å²) in [4.78, 5) is 0. The molecule has 0 aromatic heterocycles. The van der Waals surface area contributed by atoms with Crippen LogP contribution in [0.15, 0.2) is 57.7 Å². The third kappa shape index (κ3) is 3.09. The lowest BCUT2D eigenvalue weighted by atomic mass is 9.53. The van der Waals surface area contributed by atoms with Crippen molar-refractivity contribution in [2.45, 2.75) is 0 Å². The average molecular weight is 410 g/mol. The van der Waals surface area contributed by atoms with Gasteiger partial charge < -0.3 is 0 Å². The van der Waals surface area contributed by atoms with Gasteiger partial charge in [0, 0.05) is 17.8 Å². The minimum absolute atomic E-state index is 0.0673. The summed E-state index contributed by atoms with van der Waals surface area (Å²) in [7, 11) is 0. The van der Waals surface area contributed by atoms with Gasteiger partial charge in [-0.05, 0) is 17.4 Å². The van der Waals surface area contributed by atoms with Gasteiger partial charge in [0.15, 0.2) is 0 Å². The molecular weight excluding hydrogens is 400 g/mol. The summed E-state index contributed by atoms with van der Waals surface area (Å²) in [5.74, 6) is -4.55. The highest BCUT2D eigenvalue weighted by Gasteiger charge is 2.51. The lowest BCUT2D eigenvalue weighted by molar-refractivity contribution is 0.165. The number of allylic oxidation sites excluding steroid dienone is 10. The van der Waals surface area contributed by atoms with Crippen LogP contribution in [0.2, 0.25) is 0 Å². The fraction of sp³-hybridized carbons (Fsp3) is 0.250. The van der Waals surface area contributed by atoms with Gasteiger partial charge in [-0.2, -0.15) is 42.1 Å². The molecule has 3 rings (SSSR count). The first kappa shape index (κ1) is 21.3. The number of hydrogen-bond acceptors (Lipinski definition) is 8. The molecule has 0 heterocycles. The van der Waals surface area contributed by atoms with E-state index in [4.69, 9.17) is 0 Å². The van der Waals surface area contributed by atoms with E-state index in [1.54, 1.807) is 0 Å². The third-order valence-corrected chi connectivity index (χ3v) is 6.08. The molecule has 0 aromatic rings. The molecule has 8 heteroatoms. The summed E-state index contributed by atoms with van der Waals surface area (Å²) in [6.07, 6.45) is 6.01. The molecule has 4 unspecified atom stereocenters. The van der Waals surface area contributed by atoms with Gasteiger partial charge in [-0.25, -0.2) is 0 Å². The lowest BCUT2D eigenvalue weighted by Crippen LogP contribution is -2.45. The monoisotopic (exact) mass is 410 g/mol. The molecule has 3 aliphatic carbocycles. The predicted octanol–water partition coefficient (Wildman–Crippen LogP) is 2.92. The highest BCUT2D eigenvalue weighted by molar-refractivity contribution is 5.60. The zero-order chi connectivity index (χ0) is 23.4. The molecule has 0 spiro atoms. The van der Waals surface area contributed by atoms with Crippen LogP contribution in [-0.2, 0) is 0 Å². The molecule has 1 saturated carbocycles. The molecule has 0 aliphatic heterocycles. The first-order valence-electron chi connectivity index (χ1n) is 9.35. The molecule has 0 N–H and O–H groups in total. The summed E-state index contributed by atoms with van der Waals surface area (Å²) in [6.45, 7) is 0. The molecule has 32 heavy (non-hydrogen) atoms. The maximum Gasteiger partial charge on any atom is 0.137 e. The Bertz CT molecular complexity index is 1290. The van der Waals surface area contributed by atoms with Crippen LogP contribution in [-0.4, -0.2) is 0 Å². The Morgan fingerprint density at radius 1 is 0.594 bits per heavy atom. The standard InChI is InChI=1S/C24H10N8/c25-5-13-1-19-20(2-14(13)6-26)24(18(11-31)12-32)22-4-16(8-28)15(7-27)3-21(22)23(19)17(9-29)10-30/h1-4,17,19-23H. The van der Waals surface area contributed by atoms with Crippen molar-refractivity contribution in [2.24, 2.45) is 35.5 Å². The lowest BCUT2D eigenvalue weighted by Gasteiger charge is -2.48. The van der Waals surface area contributed by atoms with Gasteiger partial charge in [-0.15, -0.1) is 0 Å². The van der Waals surface area contributed by atoms with Crippen molar-refractivity contribution in [3.63, 3.8) is 0 Å². The molecule has 4 atom stereocenters. The molecule has 0 saturated heterocycles. The number of rotatable bonds is 1. The average Bonchev–Trinajstić information content (AvgIpc) is 2.84. The number of nitriles is 8. The van der Waals surface area contributed by atoms with E-state index in [9.17, 15) is 42.1 Å². The summed E-state index contributed by atoms with van der Waals surface area (Å²) >= 11 is 0. The first-order valence-corrected chi connectivity index (χ1v) is 9.35. The Morgan fingerprint density at radius 2 is 0.969 bits per heavy atom. The van der Waals surface area contributed by atoms with Crippen LogP contribution in [0.4, 0.5) is 0 Å². The maximum absolute atomic E-state index is 9.67. The van der Waals surface area contributed by atoms with Crippen LogP contribution in [0.1, 0.15) is 0 Å². The van der Waals surface area contributed by atoms with E-state index in [1.165, 1.54) is 24.3 Å². The van der Waals surface area contributed by atoms with Crippen molar-refractivity contribution < 1.29 is 0 Å². The highest BCUT2D eigenvalue weighted by Crippen LogP contribution is 2.55. The van der Waals surface area contributed by atoms with Gasteiger partial charge in [-0.3, -0.25) is 0 Å². The molecule has 0 amide bonds. The Hall–Kier alpha value is -5.38. The minimum Gasteiger partial charge on any atom is -0.197 e. The van der Waals surface area contributed by atoms with E-state index in [0.29, 0.717) is 5.57 Å². The Morgan fingerprint density at radius 3 is 1.28 bits per heavy atom. The van der Waals surface area contributed by atoms with Gasteiger partial charge in [0.05, 0.1) is 34.4 Å². The van der Waals surface area contributed by atoms with Crippen LogP contribution in [0.25, 0.3) is 0 Å². The Kier molecular flexibility index (Phi) is 5.70. The number of hydrogen-bond donors (Lipinski definition) is 0. The number of fused-ring (bicyclic) bond motifs is 2. The van der Waals surface area contributed by atoms with Crippen molar-refractivity contribution in [3.05, 3.63) is 57.7 Å². The summed E-state index contributed by atoms with van der Waals surface area (Å²) in [5, 5.41) is 76.6. The molecule has 0 radical (unpaired) electrons. The molecular formula is C24H10N8. The summed E-state index contributed by atoms with van der Waals surface area (Å²) in [6, 6.07) is 15.5. The minimum atomic E-state index is -1.13. The second-order valence-electron chi connectivity index (χ2n) is 7.34. The van der Waals surface area contributed by atoms with E-state index >= 15 is 0 Å². The fourth-order valence-electron chi connectivity index (χ4n) is 4.83. The molecule has 1 fully saturated rings. The molecule has 8 nitrogen and oxygen atoms in total. The van der Waals surface area contributed by atoms with Gasteiger partial charge in [0.2, 0.25) is 0 Å². The SMILES string of the molecule is N#CC1=CC2C(=C(C#N)C#N)C3C=C(C#N)C(C#N)=CC3C(C(C#N)C#N)C2C=C1C#N. The first-order chi connectivity index (χ1) is 15.5. The topological polar surface area (TPSA) is 190 Å². The number of nitrogens with zero attached hydrogens (tertiary/aromatic N) is 8. The van der Waals surface area contributed by atoms with Gasteiger partial charge in [0.25, 0.3) is 0 Å². The molecule has 0 bridgehead atoms. The van der Waals surface area contributed by atoms with Crippen LogP contribution < -0.4 is 0 Å². The Labute approximate surface area is 184 Å². The van der Waals surface area contributed by atoms with E-state index in [1.807, 2.05) is 48.6 Å². The fourth-order valence-corrected chi connectivity index (χ4v) is 4.83. The van der Waals surface area contributed by atoms with Crippen molar-refractivity contribution in [2.75, 3.05) is 0 Å². The van der Waals surface area contributed by atoms with Gasteiger partial charge >= 0.3 is 0 Å². The predicted molar refractivity (Wildman–Crippen MR) is 105 cm³/mol. The van der Waals surface area contributed by atoms with Gasteiger partial charge in [0.1, 0.15) is 47.9 Å². The molecule has 146 valence electrons. The zero-order valence-corrected chi connectivity index (χ0v) is 16.4. The van der Waals surface area contributed by atoms with Crippen LogP contribution in [0.3, 0.4) is 0 Å². The zero-order valence-electron chi connectivity index (χ0n) is 16.4. The maximum atomic E-state index is 9.67. The normalized spacial score (nSPS) is 27.2. The van der Waals surface area contributed by atoms with Crippen molar-refractivity contribution in [1.29, 1.82) is 42.1 Å². The van der Waals surface area contributed by atoms with E-state index < -0.39 is 35.5 Å². The van der Waals surface area contributed by atoms with E-state index in [0.717, 1.165) is 0 Å².